The van der Waals surface area contributed by atoms with Gasteiger partial charge < -0.3 is 4.90 Å². The van der Waals surface area contributed by atoms with Crippen molar-refractivity contribution in [2.45, 2.75) is 18.7 Å². The van der Waals surface area contributed by atoms with Gasteiger partial charge in [-0.05, 0) is 43.7 Å². The van der Waals surface area contributed by atoms with Crippen molar-refractivity contribution in [2.75, 3.05) is 24.5 Å². The van der Waals surface area contributed by atoms with Gasteiger partial charge in [-0.15, -0.1) is 0 Å². The largest absolute Gasteiger partial charge is 0.370 e. The molecule has 0 bridgehead atoms. The normalized spacial score (nSPS) is 11.5. The van der Waals surface area contributed by atoms with Crippen LogP contribution in [0.3, 0.4) is 0 Å². The van der Waals surface area contributed by atoms with Gasteiger partial charge in [0, 0.05) is 25.3 Å². The van der Waals surface area contributed by atoms with Gasteiger partial charge in [-0.3, -0.25) is 0 Å². The molecule has 0 saturated carbocycles. The van der Waals surface area contributed by atoms with Crippen molar-refractivity contribution in [1.29, 1.82) is 0 Å². The van der Waals surface area contributed by atoms with E-state index in [4.69, 9.17) is 0 Å². The van der Waals surface area contributed by atoms with Gasteiger partial charge in [0.15, 0.2) is 4.90 Å². The van der Waals surface area contributed by atoms with E-state index >= 15 is 0 Å². The molecular formula is C17H20F2N2O2S. The first-order chi connectivity index (χ1) is 11.3. The molecule has 7 heteroatoms. The number of hydrogen-bond donors (Lipinski definition) is 1. The molecule has 0 saturated heterocycles. The third kappa shape index (κ3) is 4.30. The minimum absolute atomic E-state index is 0.0396. The second-order valence-electron chi connectivity index (χ2n) is 5.37. The van der Waals surface area contributed by atoms with Crippen molar-refractivity contribution in [2.24, 2.45) is 0 Å². The number of anilines is 1. The zero-order chi connectivity index (χ0) is 17.7. The van der Waals surface area contributed by atoms with Gasteiger partial charge in [-0.2, -0.15) is 0 Å². The molecule has 0 aliphatic carbocycles. The molecule has 1 N–H and O–H groups in total. The highest BCUT2D eigenvalue weighted by Crippen LogP contribution is 2.18. The Bertz CT molecular complexity index is 790. The first kappa shape index (κ1) is 18.4. The summed E-state index contributed by atoms with van der Waals surface area (Å²) in [4.78, 5) is 1.04. The Labute approximate surface area is 141 Å². The van der Waals surface area contributed by atoms with Gasteiger partial charge in [0.05, 0.1) is 0 Å². The van der Waals surface area contributed by atoms with Crippen LogP contribution in [-0.2, 0) is 10.0 Å². The molecule has 0 atom stereocenters. The van der Waals surface area contributed by atoms with Gasteiger partial charge in [-0.25, -0.2) is 21.9 Å². The van der Waals surface area contributed by atoms with E-state index in [1.807, 2.05) is 43.0 Å². The minimum atomic E-state index is -4.24. The summed E-state index contributed by atoms with van der Waals surface area (Å²) in [6, 6.07) is 10.8. The molecule has 24 heavy (non-hydrogen) atoms. The highest BCUT2D eigenvalue weighted by atomic mass is 32.2. The summed E-state index contributed by atoms with van der Waals surface area (Å²) < 4.78 is 53.8. The number of aryl methyl sites for hydroxylation is 1. The molecule has 2 aromatic carbocycles. The van der Waals surface area contributed by atoms with E-state index in [-0.39, 0.29) is 6.54 Å². The predicted octanol–water partition coefficient (Wildman–Crippen LogP) is 3.08. The molecule has 0 amide bonds. The maximum atomic E-state index is 13.6. The van der Waals surface area contributed by atoms with E-state index in [9.17, 15) is 17.2 Å². The van der Waals surface area contributed by atoms with Crippen LogP contribution in [0, 0.1) is 18.6 Å². The fourth-order valence-corrected chi connectivity index (χ4v) is 3.57. The summed E-state index contributed by atoms with van der Waals surface area (Å²) in [6.45, 7) is 5.03. The fourth-order valence-electron chi connectivity index (χ4n) is 2.42. The van der Waals surface area contributed by atoms with E-state index < -0.39 is 26.6 Å². The van der Waals surface area contributed by atoms with Crippen LogP contribution in [0.2, 0.25) is 0 Å². The summed E-state index contributed by atoms with van der Waals surface area (Å²) in [7, 11) is -4.24. The number of nitrogens with zero attached hydrogens (tertiary/aromatic N) is 1. The number of halogens is 2. The lowest BCUT2D eigenvalue weighted by molar-refractivity contribution is 0.514. The maximum Gasteiger partial charge on any atom is 0.246 e. The molecule has 0 aliphatic heterocycles. The standard InChI is InChI=1S/C17H20F2N2O2S/c1-3-21(14-7-4-6-13(2)12-14)11-10-20-24(22,23)17-15(18)8-5-9-16(17)19/h4-9,12,20H,3,10-11H2,1-2H3. The van der Waals surface area contributed by atoms with Crippen LogP contribution in [0.1, 0.15) is 12.5 Å². The fraction of sp³-hybridized carbons (Fsp3) is 0.294. The summed E-state index contributed by atoms with van der Waals surface area (Å²) in [6.07, 6.45) is 0. The van der Waals surface area contributed by atoms with Crippen molar-refractivity contribution >= 4 is 15.7 Å². The second-order valence-corrected chi connectivity index (χ2v) is 7.07. The second kappa shape index (κ2) is 7.72. The quantitative estimate of drug-likeness (QED) is 0.831. The van der Waals surface area contributed by atoms with E-state index in [2.05, 4.69) is 4.72 Å². The molecule has 130 valence electrons. The minimum Gasteiger partial charge on any atom is -0.370 e. The molecule has 2 aromatic rings. The van der Waals surface area contributed by atoms with Gasteiger partial charge in [0.1, 0.15) is 11.6 Å². The van der Waals surface area contributed by atoms with Gasteiger partial charge in [0.25, 0.3) is 0 Å². The van der Waals surface area contributed by atoms with Crippen LogP contribution < -0.4 is 9.62 Å². The molecular weight excluding hydrogens is 334 g/mol. The zero-order valence-corrected chi connectivity index (χ0v) is 14.4. The van der Waals surface area contributed by atoms with Crippen molar-refractivity contribution in [3.63, 3.8) is 0 Å². The van der Waals surface area contributed by atoms with Crippen LogP contribution in [0.4, 0.5) is 14.5 Å². The van der Waals surface area contributed by atoms with Gasteiger partial charge in [0.2, 0.25) is 10.0 Å². The number of nitrogens with one attached hydrogen (secondary N) is 1. The lowest BCUT2D eigenvalue weighted by atomic mass is 10.2. The first-order valence-electron chi connectivity index (χ1n) is 7.60. The third-order valence-electron chi connectivity index (χ3n) is 3.61. The Hall–Kier alpha value is -1.99. The Kier molecular flexibility index (Phi) is 5.90. The van der Waals surface area contributed by atoms with Crippen molar-refractivity contribution in [1.82, 2.24) is 4.72 Å². The topological polar surface area (TPSA) is 49.4 Å². The predicted molar refractivity (Wildman–Crippen MR) is 90.6 cm³/mol. The van der Waals surface area contributed by atoms with Crippen molar-refractivity contribution < 1.29 is 17.2 Å². The zero-order valence-electron chi connectivity index (χ0n) is 13.6. The molecule has 0 unspecified atom stereocenters. The van der Waals surface area contributed by atoms with Crippen LogP contribution in [0.5, 0.6) is 0 Å². The Morgan fingerprint density at radius 2 is 1.71 bits per heavy atom. The highest BCUT2D eigenvalue weighted by Gasteiger charge is 2.23. The summed E-state index contributed by atoms with van der Waals surface area (Å²) in [5.41, 5.74) is 2.06. The number of likely N-dealkylation sites (N-methyl/N-ethyl adjacent to an activating group) is 1. The summed E-state index contributed by atoms with van der Waals surface area (Å²) in [5.74, 6) is -2.21. The van der Waals surface area contributed by atoms with Gasteiger partial charge in [-0.1, -0.05) is 18.2 Å². The SMILES string of the molecule is CCN(CCNS(=O)(=O)c1c(F)cccc1F)c1cccc(C)c1. The van der Waals surface area contributed by atoms with E-state index in [1.165, 1.54) is 0 Å². The Morgan fingerprint density at radius 1 is 1.08 bits per heavy atom. The average molecular weight is 354 g/mol. The van der Waals surface area contributed by atoms with E-state index in [0.29, 0.717) is 13.1 Å². The van der Waals surface area contributed by atoms with Crippen LogP contribution >= 0.6 is 0 Å². The van der Waals surface area contributed by atoms with Crippen LogP contribution in [0.15, 0.2) is 47.4 Å². The molecule has 2 rings (SSSR count). The smallest absolute Gasteiger partial charge is 0.246 e. The Morgan fingerprint density at radius 3 is 2.29 bits per heavy atom. The van der Waals surface area contributed by atoms with Crippen molar-refractivity contribution in [3.05, 3.63) is 59.7 Å². The molecule has 0 heterocycles. The number of hydrogen-bond acceptors (Lipinski definition) is 3. The molecule has 0 fully saturated rings. The highest BCUT2D eigenvalue weighted by molar-refractivity contribution is 7.89. The summed E-state index contributed by atoms with van der Waals surface area (Å²) in [5, 5.41) is 0. The summed E-state index contributed by atoms with van der Waals surface area (Å²) >= 11 is 0. The molecule has 0 aromatic heterocycles. The van der Waals surface area contributed by atoms with Crippen LogP contribution in [-0.4, -0.2) is 28.1 Å². The van der Waals surface area contributed by atoms with Crippen LogP contribution in [0.25, 0.3) is 0 Å². The number of benzene rings is 2. The first-order valence-corrected chi connectivity index (χ1v) is 9.08. The maximum absolute atomic E-state index is 13.6. The van der Waals surface area contributed by atoms with Crippen molar-refractivity contribution in [3.8, 4) is 0 Å². The lowest BCUT2D eigenvalue weighted by Gasteiger charge is -2.23. The lowest BCUT2D eigenvalue weighted by Crippen LogP contribution is -2.35. The van der Waals surface area contributed by atoms with Gasteiger partial charge >= 0.3 is 0 Å². The molecule has 4 nitrogen and oxygen atoms in total. The van der Waals surface area contributed by atoms with E-state index in [1.54, 1.807) is 0 Å². The molecule has 0 spiro atoms. The third-order valence-corrected chi connectivity index (χ3v) is 5.12. The Balaban J connectivity index is 2.07. The number of sulfonamides is 1. The molecule has 0 aliphatic rings. The van der Waals surface area contributed by atoms with E-state index in [0.717, 1.165) is 29.4 Å². The number of rotatable bonds is 7. The monoisotopic (exact) mass is 354 g/mol. The average Bonchev–Trinajstić information content (AvgIpc) is 2.51. The molecule has 0 radical (unpaired) electrons.